The predicted octanol–water partition coefficient (Wildman–Crippen LogP) is 6.18. The smallest absolute Gasteiger partial charge is 0.318 e. The second-order valence-corrected chi connectivity index (χ2v) is 9.07. The number of carbonyl (C=O) groups is 1. The summed E-state index contributed by atoms with van der Waals surface area (Å²) < 4.78 is 44.0. The first-order valence-corrected chi connectivity index (χ1v) is 11.6. The summed E-state index contributed by atoms with van der Waals surface area (Å²) in [5, 5.41) is 11.4. The van der Waals surface area contributed by atoms with Crippen LogP contribution in [0.2, 0.25) is 5.02 Å². The van der Waals surface area contributed by atoms with Crippen LogP contribution in [-0.4, -0.2) is 30.3 Å². The van der Waals surface area contributed by atoms with Crippen molar-refractivity contribution < 1.29 is 18.0 Å². The highest BCUT2D eigenvalue weighted by Crippen LogP contribution is 2.33. The van der Waals surface area contributed by atoms with Crippen molar-refractivity contribution in [1.29, 1.82) is 0 Å². The van der Waals surface area contributed by atoms with E-state index in [1.165, 1.54) is 12.3 Å². The number of nitrogens with zero attached hydrogens (tertiary/aromatic N) is 5. The Morgan fingerprint density at radius 3 is 2.49 bits per heavy atom. The van der Waals surface area contributed by atoms with Crippen molar-refractivity contribution in [1.82, 2.24) is 24.4 Å². The van der Waals surface area contributed by atoms with Crippen molar-refractivity contribution in [3.63, 3.8) is 0 Å². The van der Waals surface area contributed by atoms with Crippen LogP contribution in [0.1, 0.15) is 32.9 Å². The number of carbonyl (C=O) groups excluding carboxylic acids is 1. The SMILES string of the molecule is Cc1ccc(-c2cc(C(F)(F)F)n3nc(C(=O)Nc4cnn(Cc5ccc(Cl)cc5)c4)cc3n2)cc1C. The number of amides is 1. The Morgan fingerprint density at radius 1 is 1.03 bits per heavy atom. The summed E-state index contributed by atoms with van der Waals surface area (Å²) in [5.41, 5.74) is 2.62. The zero-order valence-corrected chi connectivity index (χ0v) is 20.5. The van der Waals surface area contributed by atoms with Gasteiger partial charge < -0.3 is 5.32 Å². The summed E-state index contributed by atoms with van der Waals surface area (Å²) in [7, 11) is 0. The van der Waals surface area contributed by atoms with Crippen LogP contribution in [0.5, 0.6) is 0 Å². The van der Waals surface area contributed by atoms with Gasteiger partial charge in [0, 0.05) is 22.8 Å². The van der Waals surface area contributed by atoms with E-state index >= 15 is 0 Å². The number of aryl methyl sites for hydroxylation is 2. The van der Waals surface area contributed by atoms with Crippen molar-refractivity contribution in [3.05, 3.63) is 100 Å². The molecule has 5 aromatic rings. The fourth-order valence-corrected chi connectivity index (χ4v) is 3.95. The molecule has 3 heterocycles. The molecule has 0 bridgehead atoms. The minimum atomic E-state index is -4.71. The fraction of sp³-hybridized carbons (Fsp3) is 0.154. The van der Waals surface area contributed by atoms with Crippen LogP contribution in [0.15, 0.2) is 67.0 Å². The third kappa shape index (κ3) is 5.19. The van der Waals surface area contributed by atoms with Gasteiger partial charge in [0.05, 0.1) is 24.1 Å². The highest BCUT2D eigenvalue weighted by molar-refractivity contribution is 6.30. The van der Waals surface area contributed by atoms with Gasteiger partial charge in [-0.15, -0.1) is 0 Å². The molecule has 2 aromatic carbocycles. The molecule has 3 aromatic heterocycles. The second-order valence-electron chi connectivity index (χ2n) is 8.63. The lowest BCUT2D eigenvalue weighted by Crippen LogP contribution is -2.15. The average Bonchev–Trinajstić information content (AvgIpc) is 3.47. The first-order chi connectivity index (χ1) is 17.6. The molecule has 0 spiro atoms. The van der Waals surface area contributed by atoms with Gasteiger partial charge in [-0.1, -0.05) is 35.9 Å². The van der Waals surface area contributed by atoms with Gasteiger partial charge in [0.15, 0.2) is 17.0 Å². The normalized spacial score (nSPS) is 11.7. The Kier molecular flexibility index (Phi) is 6.20. The molecule has 0 saturated heterocycles. The second kappa shape index (κ2) is 9.36. The molecule has 0 unspecified atom stereocenters. The van der Waals surface area contributed by atoms with Crippen LogP contribution in [-0.2, 0) is 12.7 Å². The summed E-state index contributed by atoms with van der Waals surface area (Å²) in [5.74, 6) is -0.683. The van der Waals surface area contributed by atoms with Crippen LogP contribution >= 0.6 is 11.6 Å². The van der Waals surface area contributed by atoms with E-state index in [-0.39, 0.29) is 17.0 Å². The molecule has 0 radical (unpaired) electrons. The number of hydrogen-bond donors (Lipinski definition) is 1. The lowest BCUT2D eigenvalue weighted by atomic mass is 10.0. The standard InChI is InChI=1S/C26H20ClF3N6O/c1-15-3-6-18(9-16(15)2)21-10-23(26(28,29)30)36-24(33-21)11-22(34-36)25(37)32-20-12-31-35(14-20)13-17-4-7-19(27)8-5-17/h3-12,14H,13H2,1-2H3,(H,32,37). The van der Waals surface area contributed by atoms with E-state index in [0.717, 1.165) is 22.8 Å². The molecule has 0 saturated carbocycles. The maximum absolute atomic E-state index is 13.9. The van der Waals surface area contributed by atoms with E-state index in [0.29, 0.717) is 27.3 Å². The number of anilines is 1. The Bertz CT molecular complexity index is 1620. The maximum atomic E-state index is 13.9. The molecular formula is C26H20ClF3N6O. The van der Waals surface area contributed by atoms with E-state index in [9.17, 15) is 18.0 Å². The van der Waals surface area contributed by atoms with Crippen molar-refractivity contribution in [2.24, 2.45) is 0 Å². The topological polar surface area (TPSA) is 77.1 Å². The Morgan fingerprint density at radius 2 is 1.78 bits per heavy atom. The van der Waals surface area contributed by atoms with E-state index < -0.39 is 17.8 Å². The summed E-state index contributed by atoms with van der Waals surface area (Å²) in [6.45, 7) is 4.24. The van der Waals surface area contributed by atoms with Crippen molar-refractivity contribution >= 4 is 28.8 Å². The summed E-state index contributed by atoms with van der Waals surface area (Å²) in [6.07, 6.45) is -1.65. The van der Waals surface area contributed by atoms with Crippen LogP contribution in [0.3, 0.4) is 0 Å². The highest BCUT2D eigenvalue weighted by Gasteiger charge is 2.35. The molecule has 37 heavy (non-hydrogen) atoms. The molecule has 0 aliphatic carbocycles. The van der Waals surface area contributed by atoms with Gasteiger partial charge >= 0.3 is 6.18 Å². The minimum absolute atomic E-state index is 0.0911. The van der Waals surface area contributed by atoms with Crippen LogP contribution in [0.4, 0.5) is 18.9 Å². The third-order valence-corrected chi connectivity index (χ3v) is 6.15. The van der Waals surface area contributed by atoms with Gasteiger partial charge in [-0.25, -0.2) is 9.50 Å². The molecule has 0 aliphatic rings. The molecule has 11 heteroatoms. The van der Waals surface area contributed by atoms with E-state index in [4.69, 9.17) is 11.6 Å². The van der Waals surface area contributed by atoms with Gasteiger partial charge in [0.25, 0.3) is 5.91 Å². The molecule has 188 valence electrons. The van der Waals surface area contributed by atoms with Crippen LogP contribution < -0.4 is 5.32 Å². The number of hydrogen-bond acceptors (Lipinski definition) is 4. The van der Waals surface area contributed by atoms with Crippen molar-refractivity contribution in [2.45, 2.75) is 26.6 Å². The van der Waals surface area contributed by atoms with Gasteiger partial charge in [-0.3, -0.25) is 9.48 Å². The lowest BCUT2D eigenvalue weighted by Gasteiger charge is -2.11. The Balaban J connectivity index is 1.43. The Labute approximate surface area is 214 Å². The highest BCUT2D eigenvalue weighted by atomic mass is 35.5. The monoisotopic (exact) mass is 524 g/mol. The van der Waals surface area contributed by atoms with Crippen LogP contribution in [0.25, 0.3) is 16.9 Å². The van der Waals surface area contributed by atoms with Gasteiger partial charge in [-0.05, 0) is 54.8 Å². The van der Waals surface area contributed by atoms with E-state index in [2.05, 4.69) is 20.5 Å². The lowest BCUT2D eigenvalue weighted by molar-refractivity contribution is -0.142. The zero-order valence-electron chi connectivity index (χ0n) is 19.7. The number of rotatable bonds is 5. The number of halogens is 4. The first-order valence-electron chi connectivity index (χ1n) is 11.2. The number of alkyl halides is 3. The summed E-state index contributed by atoms with van der Waals surface area (Å²) in [4.78, 5) is 17.2. The first kappa shape index (κ1) is 24.5. The number of aromatic nitrogens is 5. The van der Waals surface area contributed by atoms with Crippen LogP contribution in [0, 0.1) is 13.8 Å². The van der Waals surface area contributed by atoms with E-state index in [1.54, 1.807) is 35.1 Å². The van der Waals surface area contributed by atoms with Crippen molar-refractivity contribution in [2.75, 3.05) is 5.32 Å². The number of fused-ring (bicyclic) bond motifs is 1. The molecule has 0 aliphatic heterocycles. The maximum Gasteiger partial charge on any atom is 0.433 e. The van der Waals surface area contributed by atoms with Gasteiger partial charge in [-0.2, -0.15) is 23.4 Å². The number of benzene rings is 2. The molecule has 1 amide bonds. The molecule has 1 N–H and O–H groups in total. The third-order valence-electron chi connectivity index (χ3n) is 5.90. The largest absolute Gasteiger partial charge is 0.433 e. The predicted molar refractivity (Wildman–Crippen MR) is 134 cm³/mol. The van der Waals surface area contributed by atoms with Crippen molar-refractivity contribution in [3.8, 4) is 11.3 Å². The Hall–Kier alpha value is -4.18. The molecule has 5 rings (SSSR count). The summed E-state index contributed by atoms with van der Waals surface area (Å²) >= 11 is 5.91. The zero-order chi connectivity index (χ0) is 26.3. The fourth-order valence-electron chi connectivity index (χ4n) is 3.82. The minimum Gasteiger partial charge on any atom is -0.318 e. The molecule has 7 nitrogen and oxygen atoms in total. The van der Waals surface area contributed by atoms with Gasteiger partial charge in [0.2, 0.25) is 0 Å². The molecule has 0 atom stereocenters. The van der Waals surface area contributed by atoms with E-state index in [1.807, 2.05) is 32.0 Å². The molecular weight excluding hydrogens is 505 g/mol. The van der Waals surface area contributed by atoms with Gasteiger partial charge in [0.1, 0.15) is 0 Å². The average molecular weight is 525 g/mol. The quantitative estimate of drug-likeness (QED) is 0.298. The number of nitrogens with one attached hydrogen (secondary N) is 1. The molecule has 0 fully saturated rings. The summed E-state index contributed by atoms with van der Waals surface area (Å²) in [6, 6.07) is 14.7.